The second-order valence-corrected chi connectivity index (χ2v) is 4.81. The summed E-state index contributed by atoms with van der Waals surface area (Å²) in [4.78, 5) is 14.8. The van der Waals surface area contributed by atoms with E-state index in [4.69, 9.17) is 9.52 Å². The van der Waals surface area contributed by atoms with Crippen molar-refractivity contribution in [3.05, 3.63) is 17.8 Å². The normalized spacial score (nSPS) is 14.4. The van der Waals surface area contributed by atoms with Crippen LogP contribution in [0.25, 0.3) is 0 Å². The highest BCUT2D eigenvalue weighted by molar-refractivity contribution is 5.69. The number of nitrogens with zero attached hydrogens (tertiary/aromatic N) is 1. The maximum Gasteiger partial charge on any atom is 0.306 e. The first-order valence-electron chi connectivity index (χ1n) is 6.36. The van der Waals surface area contributed by atoms with Crippen LogP contribution >= 0.6 is 0 Å². The molecule has 1 heterocycles. The molecule has 2 N–H and O–H groups in total. The van der Waals surface area contributed by atoms with Crippen LogP contribution in [0.2, 0.25) is 0 Å². The summed E-state index contributed by atoms with van der Waals surface area (Å²) in [7, 11) is 0. The van der Waals surface area contributed by atoms with Crippen LogP contribution in [-0.4, -0.2) is 22.1 Å². The van der Waals surface area contributed by atoms with Crippen molar-refractivity contribution in [2.45, 2.75) is 52.6 Å². The van der Waals surface area contributed by atoms with Gasteiger partial charge in [-0.15, -0.1) is 0 Å². The summed E-state index contributed by atoms with van der Waals surface area (Å²) in [5, 5.41) is 12.1. The molecule has 5 heteroatoms. The van der Waals surface area contributed by atoms with E-state index in [0.29, 0.717) is 12.6 Å². The molecule has 5 nitrogen and oxygen atoms in total. The van der Waals surface area contributed by atoms with Gasteiger partial charge in [-0.2, -0.15) is 0 Å². The molecule has 0 radical (unpaired) electrons. The van der Waals surface area contributed by atoms with Gasteiger partial charge in [-0.1, -0.05) is 13.3 Å². The number of oxazole rings is 1. The van der Waals surface area contributed by atoms with Gasteiger partial charge in [0.1, 0.15) is 5.76 Å². The fourth-order valence-electron chi connectivity index (χ4n) is 1.72. The van der Waals surface area contributed by atoms with Crippen molar-refractivity contribution in [3.63, 3.8) is 0 Å². The SMILES string of the molecule is Cc1ocnc1CNC(C)CCCC(C)C(=O)O. The van der Waals surface area contributed by atoms with Crippen molar-refractivity contribution in [1.29, 1.82) is 0 Å². The Labute approximate surface area is 108 Å². The predicted octanol–water partition coefficient (Wildman–Crippen LogP) is 2.35. The predicted molar refractivity (Wildman–Crippen MR) is 68.2 cm³/mol. The van der Waals surface area contributed by atoms with Crippen LogP contribution in [0.5, 0.6) is 0 Å². The number of carbonyl (C=O) groups is 1. The molecule has 2 atom stereocenters. The van der Waals surface area contributed by atoms with Gasteiger partial charge in [0.05, 0.1) is 11.6 Å². The van der Waals surface area contributed by atoms with Gasteiger partial charge >= 0.3 is 5.97 Å². The van der Waals surface area contributed by atoms with E-state index in [1.54, 1.807) is 6.92 Å². The maximum atomic E-state index is 10.7. The number of carboxylic acids is 1. The van der Waals surface area contributed by atoms with E-state index in [-0.39, 0.29) is 5.92 Å². The van der Waals surface area contributed by atoms with Crippen LogP contribution in [0.1, 0.15) is 44.6 Å². The van der Waals surface area contributed by atoms with Gasteiger partial charge in [0, 0.05) is 12.6 Å². The second kappa shape index (κ2) is 7.16. The summed E-state index contributed by atoms with van der Waals surface area (Å²) < 4.78 is 5.12. The van der Waals surface area contributed by atoms with Crippen LogP contribution in [0.15, 0.2) is 10.8 Å². The average Bonchev–Trinajstić information content (AvgIpc) is 2.72. The fraction of sp³-hybridized carbons (Fsp3) is 0.692. The van der Waals surface area contributed by atoms with Crippen molar-refractivity contribution < 1.29 is 14.3 Å². The number of nitrogens with one attached hydrogen (secondary N) is 1. The highest BCUT2D eigenvalue weighted by atomic mass is 16.4. The van der Waals surface area contributed by atoms with Crippen LogP contribution in [0.4, 0.5) is 0 Å². The van der Waals surface area contributed by atoms with E-state index in [1.807, 2.05) is 6.92 Å². The highest BCUT2D eigenvalue weighted by Crippen LogP contribution is 2.10. The zero-order valence-electron chi connectivity index (χ0n) is 11.3. The molecule has 1 rings (SSSR count). The number of aryl methyl sites for hydroxylation is 1. The third kappa shape index (κ3) is 4.87. The number of aliphatic carboxylic acids is 1. The Morgan fingerprint density at radius 1 is 1.50 bits per heavy atom. The molecule has 1 aromatic rings. The van der Waals surface area contributed by atoms with Crippen LogP contribution in [-0.2, 0) is 11.3 Å². The van der Waals surface area contributed by atoms with Crippen LogP contribution in [0, 0.1) is 12.8 Å². The lowest BCUT2D eigenvalue weighted by Gasteiger charge is -2.13. The Morgan fingerprint density at radius 2 is 2.22 bits per heavy atom. The number of carboxylic acid groups (broad SMARTS) is 1. The van der Waals surface area contributed by atoms with Crippen molar-refractivity contribution in [1.82, 2.24) is 10.3 Å². The fourth-order valence-corrected chi connectivity index (χ4v) is 1.72. The molecule has 0 aliphatic rings. The van der Waals surface area contributed by atoms with Gasteiger partial charge < -0.3 is 14.8 Å². The van der Waals surface area contributed by atoms with E-state index in [1.165, 1.54) is 6.39 Å². The van der Waals surface area contributed by atoms with Gasteiger partial charge in [0.2, 0.25) is 0 Å². The summed E-state index contributed by atoms with van der Waals surface area (Å²) in [6.45, 7) is 6.43. The van der Waals surface area contributed by atoms with E-state index >= 15 is 0 Å². The maximum absolute atomic E-state index is 10.7. The Bertz CT molecular complexity index is 376. The molecule has 0 aliphatic heterocycles. The molecule has 0 aliphatic carbocycles. The highest BCUT2D eigenvalue weighted by Gasteiger charge is 2.11. The minimum absolute atomic E-state index is 0.255. The molecular weight excluding hydrogens is 232 g/mol. The third-order valence-corrected chi connectivity index (χ3v) is 3.16. The largest absolute Gasteiger partial charge is 0.481 e. The molecule has 0 saturated carbocycles. The number of hydrogen-bond acceptors (Lipinski definition) is 4. The van der Waals surface area contributed by atoms with Crippen LogP contribution in [0.3, 0.4) is 0 Å². The lowest BCUT2D eigenvalue weighted by molar-refractivity contribution is -0.141. The zero-order valence-corrected chi connectivity index (χ0v) is 11.3. The molecule has 2 unspecified atom stereocenters. The first-order valence-corrected chi connectivity index (χ1v) is 6.36. The summed E-state index contributed by atoms with van der Waals surface area (Å²) in [6, 6.07) is 0.349. The molecule has 0 bridgehead atoms. The molecule has 0 amide bonds. The van der Waals surface area contributed by atoms with Crippen LogP contribution < -0.4 is 5.32 Å². The van der Waals surface area contributed by atoms with Gasteiger partial charge in [0.15, 0.2) is 6.39 Å². The van der Waals surface area contributed by atoms with E-state index in [9.17, 15) is 4.79 Å². The molecule has 18 heavy (non-hydrogen) atoms. The standard InChI is InChI=1S/C13H22N2O3/c1-9(13(16)17)5-4-6-10(2)14-7-12-11(3)18-8-15-12/h8-10,14H,4-7H2,1-3H3,(H,16,17). The summed E-state index contributed by atoms with van der Waals surface area (Å²) in [5.41, 5.74) is 0.931. The smallest absolute Gasteiger partial charge is 0.306 e. The second-order valence-electron chi connectivity index (χ2n) is 4.81. The first kappa shape index (κ1) is 14.7. The minimum Gasteiger partial charge on any atom is -0.481 e. The van der Waals surface area contributed by atoms with E-state index < -0.39 is 5.97 Å². The number of rotatable bonds is 8. The molecule has 1 aromatic heterocycles. The Hall–Kier alpha value is -1.36. The van der Waals surface area contributed by atoms with E-state index in [2.05, 4.69) is 17.2 Å². The van der Waals surface area contributed by atoms with Crippen molar-refractivity contribution in [2.24, 2.45) is 5.92 Å². The Balaban J connectivity index is 2.16. The summed E-state index contributed by atoms with van der Waals surface area (Å²) >= 11 is 0. The topological polar surface area (TPSA) is 75.4 Å². The molecule has 0 spiro atoms. The van der Waals surface area contributed by atoms with Gasteiger partial charge in [-0.05, 0) is 26.7 Å². The monoisotopic (exact) mass is 254 g/mol. The van der Waals surface area contributed by atoms with Crippen molar-refractivity contribution in [2.75, 3.05) is 0 Å². The van der Waals surface area contributed by atoms with Gasteiger partial charge in [-0.3, -0.25) is 4.79 Å². The zero-order chi connectivity index (χ0) is 13.5. The van der Waals surface area contributed by atoms with Crippen molar-refractivity contribution in [3.8, 4) is 0 Å². The number of aromatic nitrogens is 1. The lowest BCUT2D eigenvalue weighted by Crippen LogP contribution is -2.26. The summed E-state index contributed by atoms with van der Waals surface area (Å²) in [6.07, 6.45) is 4.06. The molecule has 102 valence electrons. The minimum atomic E-state index is -0.714. The molecule has 0 aromatic carbocycles. The lowest BCUT2D eigenvalue weighted by atomic mass is 10.0. The van der Waals surface area contributed by atoms with Gasteiger partial charge in [-0.25, -0.2) is 4.98 Å². The average molecular weight is 254 g/mol. The first-order chi connectivity index (χ1) is 8.50. The van der Waals surface area contributed by atoms with Gasteiger partial charge in [0.25, 0.3) is 0 Å². The quantitative estimate of drug-likeness (QED) is 0.744. The molecule has 0 fully saturated rings. The molecular formula is C13H22N2O3. The Kier molecular flexibility index (Phi) is 5.85. The van der Waals surface area contributed by atoms with Crippen molar-refractivity contribution >= 4 is 5.97 Å². The third-order valence-electron chi connectivity index (χ3n) is 3.16. The molecule has 0 saturated heterocycles. The van der Waals surface area contributed by atoms with E-state index in [0.717, 1.165) is 30.7 Å². The summed E-state index contributed by atoms with van der Waals surface area (Å²) in [5.74, 6) is -0.127. The Morgan fingerprint density at radius 3 is 2.78 bits per heavy atom. The number of hydrogen-bond donors (Lipinski definition) is 2.